The molecule has 4 aliphatic rings. The Morgan fingerprint density at radius 2 is 1.30 bits per heavy atom. The normalized spacial score (nSPS) is 38.9. The van der Waals surface area contributed by atoms with Gasteiger partial charge in [0.05, 0.1) is 11.8 Å². The number of carbonyl (C=O) groups excluding carboxylic acids is 4. The Labute approximate surface area is 135 Å². The Kier molecular flexibility index (Phi) is 5.91. The molecule has 4 rings (SSSR count). The van der Waals surface area contributed by atoms with Crippen molar-refractivity contribution in [1.29, 1.82) is 0 Å². The molecule has 6 atom stereocenters. The standard InChI is InChI=1S/C13H16O3.C2H2O3.C2H6/c14-12-10-8-5-9(11(10)13(15)16-12)7-4-2-1-3-6(7)8;3-1-5-2-4;1-2/h6-11H,1-5H2;1-2H;1-2H3. The van der Waals surface area contributed by atoms with Crippen LogP contribution in [0.25, 0.3) is 0 Å². The first kappa shape index (κ1) is 17.6. The molecule has 3 aliphatic carbocycles. The van der Waals surface area contributed by atoms with E-state index in [1.165, 1.54) is 25.7 Å². The second-order valence-corrected chi connectivity index (χ2v) is 6.30. The Balaban J connectivity index is 0.000000239. The summed E-state index contributed by atoms with van der Waals surface area (Å²) >= 11 is 0. The average Bonchev–Trinajstić information content (AvgIpc) is 3.23. The van der Waals surface area contributed by atoms with Crippen LogP contribution in [0.1, 0.15) is 46.0 Å². The summed E-state index contributed by atoms with van der Waals surface area (Å²) in [5, 5.41) is 0. The lowest BCUT2D eigenvalue weighted by atomic mass is 9.64. The first-order valence-electron chi connectivity index (χ1n) is 8.47. The lowest BCUT2D eigenvalue weighted by Gasteiger charge is -2.38. The minimum atomic E-state index is -0.216. The van der Waals surface area contributed by atoms with E-state index in [0.717, 1.165) is 18.3 Å². The van der Waals surface area contributed by atoms with E-state index in [1.54, 1.807) is 0 Å². The summed E-state index contributed by atoms with van der Waals surface area (Å²) in [7, 11) is 0. The topological polar surface area (TPSA) is 86.7 Å². The molecule has 128 valence electrons. The number of rotatable bonds is 2. The summed E-state index contributed by atoms with van der Waals surface area (Å²) in [6, 6.07) is 0. The number of esters is 2. The number of cyclic esters (lactones) is 2. The minimum absolute atomic E-state index is 0.0585. The Hall–Kier alpha value is -1.72. The fourth-order valence-electron chi connectivity index (χ4n) is 5.17. The van der Waals surface area contributed by atoms with Gasteiger partial charge in [0.1, 0.15) is 0 Å². The largest absolute Gasteiger partial charge is 0.398 e. The van der Waals surface area contributed by atoms with Gasteiger partial charge in [-0.15, -0.1) is 0 Å². The van der Waals surface area contributed by atoms with E-state index in [2.05, 4.69) is 4.74 Å². The van der Waals surface area contributed by atoms with E-state index in [9.17, 15) is 9.59 Å². The summed E-state index contributed by atoms with van der Waals surface area (Å²) in [4.78, 5) is 41.3. The second-order valence-electron chi connectivity index (χ2n) is 6.30. The molecule has 1 heterocycles. The van der Waals surface area contributed by atoms with E-state index >= 15 is 0 Å². The first-order valence-corrected chi connectivity index (χ1v) is 8.47. The molecule has 0 radical (unpaired) electrons. The van der Waals surface area contributed by atoms with Crippen LogP contribution in [0.2, 0.25) is 0 Å². The molecule has 6 nitrogen and oxygen atoms in total. The Morgan fingerprint density at radius 3 is 1.65 bits per heavy atom. The van der Waals surface area contributed by atoms with Gasteiger partial charge < -0.3 is 9.47 Å². The van der Waals surface area contributed by atoms with E-state index < -0.39 is 0 Å². The van der Waals surface area contributed by atoms with Crippen LogP contribution in [-0.2, 0) is 28.7 Å². The van der Waals surface area contributed by atoms with Crippen molar-refractivity contribution in [3.63, 3.8) is 0 Å². The van der Waals surface area contributed by atoms with Crippen molar-refractivity contribution in [1.82, 2.24) is 0 Å². The van der Waals surface area contributed by atoms with Crippen LogP contribution in [0, 0.1) is 35.5 Å². The third-order valence-electron chi connectivity index (χ3n) is 5.69. The van der Waals surface area contributed by atoms with Crippen LogP contribution in [0.15, 0.2) is 0 Å². The molecule has 0 aromatic heterocycles. The van der Waals surface area contributed by atoms with Crippen LogP contribution >= 0.6 is 0 Å². The van der Waals surface area contributed by atoms with Crippen molar-refractivity contribution in [3.05, 3.63) is 0 Å². The van der Waals surface area contributed by atoms with Gasteiger partial charge in [-0.25, -0.2) is 0 Å². The zero-order valence-electron chi connectivity index (χ0n) is 13.6. The van der Waals surface area contributed by atoms with E-state index in [1.807, 2.05) is 13.8 Å². The van der Waals surface area contributed by atoms with Gasteiger partial charge in [0.25, 0.3) is 0 Å². The highest BCUT2D eigenvalue weighted by Gasteiger charge is 2.66. The zero-order valence-corrected chi connectivity index (χ0v) is 13.6. The zero-order chi connectivity index (χ0) is 17.0. The van der Waals surface area contributed by atoms with Gasteiger partial charge in [-0.05, 0) is 42.9 Å². The van der Waals surface area contributed by atoms with Crippen LogP contribution in [0.4, 0.5) is 0 Å². The highest BCUT2D eigenvalue weighted by atomic mass is 16.6. The van der Waals surface area contributed by atoms with Gasteiger partial charge in [0.15, 0.2) is 0 Å². The van der Waals surface area contributed by atoms with E-state index in [0.29, 0.717) is 11.8 Å². The van der Waals surface area contributed by atoms with Crippen molar-refractivity contribution in [2.24, 2.45) is 35.5 Å². The molecule has 0 amide bonds. The highest BCUT2D eigenvalue weighted by Crippen LogP contribution is 2.64. The maximum absolute atomic E-state index is 11.7. The third-order valence-corrected chi connectivity index (χ3v) is 5.69. The number of fused-ring (bicyclic) bond motifs is 8. The van der Waals surface area contributed by atoms with Crippen molar-refractivity contribution in [2.75, 3.05) is 0 Å². The first-order chi connectivity index (χ1) is 11.2. The van der Waals surface area contributed by atoms with Gasteiger partial charge in [-0.3, -0.25) is 19.2 Å². The lowest BCUT2D eigenvalue weighted by molar-refractivity contribution is -0.155. The summed E-state index contributed by atoms with van der Waals surface area (Å²) in [5.74, 6) is 1.84. The van der Waals surface area contributed by atoms with Gasteiger partial charge >= 0.3 is 24.9 Å². The lowest BCUT2D eigenvalue weighted by Crippen LogP contribution is -2.38. The highest BCUT2D eigenvalue weighted by molar-refractivity contribution is 5.97. The molecule has 6 heteroatoms. The van der Waals surface area contributed by atoms with Crippen LogP contribution in [0.3, 0.4) is 0 Å². The molecule has 0 N–H and O–H groups in total. The van der Waals surface area contributed by atoms with E-state index in [4.69, 9.17) is 14.3 Å². The molecule has 3 saturated carbocycles. The molecule has 6 unspecified atom stereocenters. The molecule has 4 fully saturated rings. The van der Waals surface area contributed by atoms with E-state index in [-0.39, 0.29) is 36.7 Å². The third kappa shape index (κ3) is 3.03. The summed E-state index contributed by atoms with van der Waals surface area (Å²) in [6.07, 6.45) is 6.29. The molecule has 2 bridgehead atoms. The quantitative estimate of drug-likeness (QED) is 0.439. The SMILES string of the molecule is CC.O=C1OC(=O)C2C3CC(C4CCCCC43)C12.O=COC=O. The minimum Gasteiger partial charge on any atom is -0.398 e. The van der Waals surface area contributed by atoms with Crippen molar-refractivity contribution in [2.45, 2.75) is 46.0 Å². The smallest absolute Gasteiger partial charge is 0.317 e. The summed E-state index contributed by atoms with van der Waals surface area (Å²) < 4.78 is 8.31. The second kappa shape index (κ2) is 7.70. The predicted octanol–water partition coefficient (Wildman–Crippen LogP) is 2.10. The molecule has 0 aromatic carbocycles. The molecule has 23 heavy (non-hydrogen) atoms. The van der Waals surface area contributed by atoms with Gasteiger partial charge in [-0.2, -0.15) is 0 Å². The predicted molar refractivity (Wildman–Crippen MR) is 79.7 cm³/mol. The maximum atomic E-state index is 11.7. The monoisotopic (exact) mass is 324 g/mol. The molecule has 0 spiro atoms. The fourth-order valence-corrected chi connectivity index (χ4v) is 5.17. The number of carbonyl (C=O) groups is 4. The summed E-state index contributed by atoms with van der Waals surface area (Å²) in [5.41, 5.74) is 0. The summed E-state index contributed by atoms with van der Waals surface area (Å²) in [6.45, 7) is 4.12. The Bertz CT molecular complexity index is 434. The fraction of sp³-hybridized carbons (Fsp3) is 0.765. The molecular formula is C17H24O6. The van der Waals surface area contributed by atoms with Crippen molar-refractivity contribution in [3.8, 4) is 0 Å². The van der Waals surface area contributed by atoms with Crippen molar-refractivity contribution < 1.29 is 28.7 Å². The number of ether oxygens (including phenoxy) is 2. The Morgan fingerprint density at radius 1 is 0.870 bits per heavy atom. The number of hydrogen-bond donors (Lipinski definition) is 0. The van der Waals surface area contributed by atoms with Crippen molar-refractivity contribution >= 4 is 24.9 Å². The van der Waals surface area contributed by atoms with Gasteiger partial charge in [0, 0.05) is 0 Å². The molecule has 1 aliphatic heterocycles. The number of hydrogen-bond acceptors (Lipinski definition) is 6. The molecule has 1 saturated heterocycles. The van der Waals surface area contributed by atoms with Crippen LogP contribution < -0.4 is 0 Å². The van der Waals surface area contributed by atoms with Gasteiger partial charge in [0.2, 0.25) is 0 Å². The molecule has 0 aromatic rings. The average molecular weight is 324 g/mol. The van der Waals surface area contributed by atoms with Crippen LogP contribution in [0.5, 0.6) is 0 Å². The molecular weight excluding hydrogens is 300 g/mol. The van der Waals surface area contributed by atoms with Crippen LogP contribution in [-0.4, -0.2) is 24.9 Å². The maximum Gasteiger partial charge on any atom is 0.317 e. The van der Waals surface area contributed by atoms with Gasteiger partial charge in [-0.1, -0.05) is 26.7 Å².